The highest BCUT2D eigenvalue weighted by Crippen LogP contribution is 2.24. The van der Waals surface area contributed by atoms with Crippen molar-refractivity contribution in [1.29, 1.82) is 0 Å². The van der Waals surface area contributed by atoms with Crippen molar-refractivity contribution >= 4 is 17.6 Å². The van der Waals surface area contributed by atoms with Crippen molar-refractivity contribution in [1.82, 2.24) is 0 Å². The van der Waals surface area contributed by atoms with Gasteiger partial charge in [0.2, 0.25) is 0 Å². The molecule has 0 unspecified atom stereocenters. The number of carbonyl (C=O) groups is 1. The first kappa shape index (κ1) is 14.3. The molecule has 2 rings (SSSR count). The number of aliphatic hydroxyl groups is 1. The third-order valence-electron chi connectivity index (χ3n) is 2.95. The van der Waals surface area contributed by atoms with Gasteiger partial charge in [0.05, 0.1) is 12.2 Å². The molecule has 1 N–H and O–H groups in total. The van der Waals surface area contributed by atoms with E-state index in [0.717, 1.165) is 0 Å². The summed E-state index contributed by atoms with van der Waals surface area (Å²) in [6, 6.07) is 6.40. The van der Waals surface area contributed by atoms with Crippen molar-refractivity contribution in [3.63, 3.8) is 0 Å². The van der Waals surface area contributed by atoms with Gasteiger partial charge < -0.3 is 19.3 Å². The van der Waals surface area contributed by atoms with Crippen LogP contribution in [0.3, 0.4) is 0 Å². The van der Waals surface area contributed by atoms with Crippen LogP contribution in [0.4, 0.5) is 0 Å². The molecule has 3 atom stereocenters. The van der Waals surface area contributed by atoms with E-state index in [1.807, 2.05) is 0 Å². The molecule has 0 radical (unpaired) electrons. The second-order valence-electron chi connectivity index (χ2n) is 4.21. The van der Waals surface area contributed by atoms with Gasteiger partial charge in [-0.25, -0.2) is 4.79 Å². The number of carbonyl (C=O) groups excluding carboxylic acids is 1. The molecule has 1 heterocycles. The summed E-state index contributed by atoms with van der Waals surface area (Å²) < 4.78 is 15.7. The number of benzene rings is 1. The third kappa shape index (κ3) is 3.45. The molecule has 1 aromatic rings. The molecular weight excluding hydrogens is 272 g/mol. The summed E-state index contributed by atoms with van der Waals surface area (Å²) in [4.78, 5) is 11.9. The Morgan fingerprint density at radius 3 is 2.74 bits per heavy atom. The lowest BCUT2D eigenvalue weighted by molar-refractivity contribution is -0.127. The van der Waals surface area contributed by atoms with E-state index in [-0.39, 0.29) is 6.61 Å². The molecule has 0 bridgehead atoms. The van der Waals surface area contributed by atoms with Crippen molar-refractivity contribution in [2.45, 2.75) is 24.9 Å². The number of hydrogen-bond acceptors (Lipinski definition) is 5. The molecule has 1 aromatic carbocycles. The molecular formula is C13H15ClO5. The van der Waals surface area contributed by atoms with Crippen LogP contribution in [0.15, 0.2) is 24.3 Å². The van der Waals surface area contributed by atoms with Gasteiger partial charge in [-0.05, 0) is 24.3 Å². The van der Waals surface area contributed by atoms with Crippen LogP contribution in [-0.2, 0) is 14.2 Å². The Bertz CT molecular complexity index is 433. The summed E-state index contributed by atoms with van der Waals surface area (Å²) in [5.74, 6) is -0.472. The standard InChI is InChI=1S/C13H15ClO5/c1-17-12-6-10(11(7-15)18-12)19-13(16)8-2-4-9(14)5-3-8/h2-5,10-12,15H,6-7H2,1H3/t10-,11+,12-/m0/s1. The number of hydrogen-bond donors (Lipinski definition) is 1. The predicted octanol–water partition coefficient (Wildman–Crippen LogP) is 1.62. The summed E-state index contributed by atoms with van der Waals surface area (Å²) in [6.45, 7) is -0.224. The Morgan fingerprint density at radius 2 is 2.16 bits per heavy atom. The smallest absolute Gasteiger partial charge is 0.338 e. The molecule has 19 heavy (non-hydrogen) atoms. The zero-order chi connectivity index (χ0) is 13.8. The lowest BCUT2D eigenvalue weighted by Gasteiger charge is -2.16. The van der Waals surface area contributed by atoms with E-state index in [2.05, 4.69) is 0 Å². The molecule has 1 fully saturated rings. The van der Waals surface area contributed by atoms with Crippen LogP contribution in [0.1, 0.15) is 16.8 Å². The maximum absolute atomic E-state index is 11.9. The predicted molar refractivity (Wildman–Crippen MR) is 68.0 cm³/mol. The van der Waals surface area contributed by atoms with Crippen molar-refractivity contribution in [2.75, 3.05) is 13.7 Å². The Balaban J connectivity index is 2.00. The highest BCUT2D eigenvalue weighted by Gasteiger charge is 2.37. The van der Waals surface area contributed by atoms with E-state index in [1.54, 1.807) is 24.3 Å². The van der Waals surface area contributed by atoms with Crippen molar-refractivity contribution in [3.8, 4) is 0 Å². The van der Waals surface area contributed by atoms with Crippen LogP contribution < -0.4 is 0 Å². The molecule has 104 valence electrons. The van der Waals surface area contributed by atoms with Crippen LogP contribution >= 0.6 is 11.6 Å². The quantitative estimate of drug-likeness (QED) is 0.852. The van der Waals surface area contributed by atoms with E-state index in [4.69, 9.17) is 25.8 Å². The lowest BCUT2D eigenvalue weighted by atomic mass is 10.2. The Labute approximate surface area is 116 Å². The van der Waals surface area contributed by atoms with Gasteiger partial charge in [-0.3, -0.25) is 0 Å². The summed E-state index contributed by atoms with van der Waals surface area (Å²) in [5.41, 5.74) is 0.405. The molecule has 1 aliphatic heterocycles. The van der Waals surface area contributed by atoms with Gasteiger partial charge >= 0.3 is 5.97 Å². The van der Waals surface area contributed by atoms with Gasteiger partial charge in [0.1, 0.15) is 12.2 Å². The fraction of sp³-hybridized carbons (Fsp3) is 0.462. The van der Waals surface area contributed by atoms with Gasteiger partial charge in [-0.2, -0.15) is 0 Å². The van der Waals surface area contributed by atoms with E-state index in [9.17, 15) is 9.90 Å². The SMILES string of the molecule is CO[C@@H]1C[C@H](OC(=O)c2ccc(Cl)cc2)[C@@H](CO)O1. The minimum atomic E-state index is -0.554. The molecule has 0 saturated carbocycles. The fourth-order valence-electron chi connectivity index (χ4n) is 1.91. The highest BCUT2D eigenvalue weighted by atomic mass is 35.5. The summed E-state index contributed by atoms with van der Waals surface area (Å²) in [7, 11) is 1.50. The van der Waals surface area contributed by atoms with E-state index < -0.39 is 24.5 Å². The largest absolute Gasteiger partial charge is 0.456 e. The summed E-state index contributed by atoms with van der Waals surface area (Å²) in [6.07, 6.45) is -1.12. The van der Waals surface area contributed by atoms with Gasteiger partial charge in [0, 0.05) is 18.6 Å². The van der Waals surface area contributed by atoms with Gasteiger partial charge in [0.25, 0.3) is 0 Å². The van der Waals surface area contributed by atoms with Crippen LogP contribution in [0.25, 0.3) is 0 Å². The minimum absolute atomic E-state index is 0.224. The van der Waals surface area contributed by atoms with Crippen LogP contribution in [0.2, 0.25) is 5.02 Å². The first-order chi connectivity index (χ1) is 9.13. The van der Waals surface area contributed by atoms with Gasteiger partial charge in [0.15, 0.2) is 6.29 Å². The Hall–Kier alpha value is -1.14. The number of aliphatic hydroxyl groups excluding tert-OH is 1. The second-order valence-corrected chi connectivity index (χ2v) is 4.65. The number of ether oxygens (including phenoxy) is 3. The summed E-state index contributed by atoms with van der Waals surface area (Å²) >= 11 is 5.75. The molecule has 0 aliphatic carbocycles. The molecule has 0 spiro atoms. The zero-order valence-corrected chi connectivity index (χ0v) is 11.2. The monoisotopic (exact) mass is 286 g/mol. The molecule has 1 aliphatic rings. The van der Waals surface area contributed by atoms with E-state index in [0.29, 0.717) is 17.0 Å². The molecule has 1 saturated heterocycles. The molecule has 5 nitrogen and oxygen atoms in total. The normalized spacial score (nSPS) is 26.4. The fourth-order valence-corrected chi connectivity index (χ4v) is 2.03. The van der Waals surface area contributed by atoms with Gasteiger partial charge in [-0.1, -0.05) is 11.6 Å². The topological polar surface area (TPSA) is 65.0 Å². The number of halogens is 1. The van der Waals surface area contributed by atoms with Crippen LogP contribution in [-0.4, -0.2) is 43.3 Å². The maximum atomic E-state index is 11.9. The molecule has 0 aromatic heterocycles. The molecule has 0 amide bonds. The van der Waals surface area contributed by atoms with Crippen molar-refractivity contribution in [3.05, 3.63) is 34.9 Å². The lowest BCUT2D eigenvalue weighted by Crippen LogP contribution is -2.30. The van der Waals surface area contributed by atoms with Crippen LogP contribution in [0, 0.1) is 0 Å². The Morgan fingerprint density at radius 1 is 1.47 bits per heavy atom. The number of methoxy groups -OCH3 is 1. The first-order valence-electron chi connectivity index (χ1n) is 5.89. The number of rotatable bonds is 4. The molecule has 6 heteroatoms. The van der Waals surface area contributed by atoms with Gasteiger partial charge in [-0.15, -0.1) is 0 Å². The van der Waals surface area contributed by atoms with E-state index >= 15 is 0 Å². The minimum Gasteiger partial charge on any atom is -0.456 e. The highest BCUT2D eigenvalue weighted by molar-refractivity contribution is 6.30. The van der Waals surface area contributed by atoms with E-state index in [1.165, 1.54) is 7.11 Å². The Kier molecular flexibility index (Phi) is 4.76. The maximum Gasteiger partial charge on any atom is 0.338 e. The van der Waals surface area contributed by atoms with Crippen molar-refractivity contribution < 1.29 is 24.1 Å². The summed E-state index contributed by atoms with van der Waals surface area (Å²) in [5, 5.41) is 9.73. The third-order valence-corrected chi connectivity index (χ3v) is 3.20. The average Bonchev–Trinajstić information content (AvgIpc) is 2.81. The second kappa shape index (κ2) is 6.34. The number of esters is 1. The first-order valence-corrected chi connectivity index (χ1v) is 6.27. The van der Waals surface area contributed by atoms with Crippen LogP contribution in [0.5, 0.6) is 0 Å². The van der Waals surface area contributed by atoms with Crippen molar-refractivity contribution in [2.24, 2.45) is 0 Å². The average molecular weight is 287 g/mol. The zero-order valence-electron chi connectivity index (χ0n) is 10.4.